The molecule has 1 aromatic rings. The van der Waals surface area contributed by atoms with Crippen molar-refractivity contribution < 1.29 is 24.2 Å². The number of hydrogen-bond acceptors (Lipinski definition) is 4. The molecule has 1 rings (SSSR count). The first-order chi connectivity index (χ1) is 11.3. The zero-order valence-electron chi connectivity index (χ0n) is 14.8. The average molecular weight is 337 g/mol. The van der Waals surface area contributed by atoms with Crippen LogP contribution in [-0.2, 0) is 4.79 Å². The van der Waals surface area contributed by atoms with Crippen LogP contribution in [0.5, 0.6) is 11.5 Å². The van der Waals surface area contributed by atoms with Crippen LogP contribution in [0.1, 0.15) is 50.9 Å². The van der Waals surface area contributed by atoms with Gasteiger partial charge < -0.3 is 19.9 Å². The van der Waals surface area contributed by atoms with Crippen LogP contribution >= 0.6 is 0 Å². The topological polar surface area (TPSA) is 84.9 Å². The Labute approximate surface area is 143 Å². The fourth-order valence-electron chi connectivity index (χ4n) is 1.78. The number of carboxylic acids is 1. The van der Waals surface area contributed by atoms with E-state index in [2.05, 4.69) is 5.32 Å². The van der Waals surface area contributed by atoms with Gasteiger partial charge in [0.1, 0.15) is 0 Å². The molecule has 24 heavy (non-hydrogen) atoms. The lowest BCUT2D eigenvalue weighted by atomic mass is 9.94. The monoisotopic (exact) mass is 337 g/mol. The van der Waals surface area contributed by atoms with Crippen LogP contribution in [0.3, 0.4) is 0 Å². The summed E-state index contributed by atoms with van der Waals surface area (Å²) in [7, 11) is 0. The predicted octanol–water partition coefficient (Wildman–Crippen LogP) is 3.10. The number of carboxylic acid groups (broad SMARTS) is 1. The molecule has 0 heterocycles. The third kappa shape index (κ3) is 5.76. The molecule has 0 spiro atoms. The molecule has 0 unspecified atom stereocenters. The maximum Gasteiger partial charge on any atom is 0.310 e. The van der Waals surface area contributed by atoms with Crippen LogP contribution in [0, 0.1) is 5.41 Å². The maximum atomic E-state index is 12.3. The van der Waals surface area contributed by atoms with Crippen LogP contribution < -0.4 is 14.8 Å². The van der Waals surface area contributed by atoms with Gasteiger partial charge in [-0.15, -0.1) is 0 Å². The van der Waals surface area contributed by atoms with E-state index in [1.807, 2.05) is 13.8 Å². The van der Waals surface area contributed by atoms with Crippen molar-refractivity contribution in [2.75, 3.05) is 19.8 Å². The lowest BCUT2D eigenvalue weighted by molar-refractivity contribution is -0.146. The lowest BCUT2D eigenvalue weighted by Crippen LogP contribution is -2.38. The molecule has 0 saturated carbocycles. The number of aliphatic carboxylic acids is 1. The molecule has 6 heteroatoms. The Morgan fingerprint density at radius 1 is 1.08 bits per heavy atom. The summed E-state index contributed by atoms with van der Waals surface area (Å²) in [6, 6.07) is 4.98. The summed E-state index contributed by atoms with van der Waals surface area (Å²) in [4.78, 5) is 23.4. The summed E-state index contributed by atoms with van der Waals surface area (Å²) in [5, 5.41) is 11.7. The minimum Gasteiger partial charge on any atom is -0.490 e. The van der Waals surface area contributed by atoms with Gasteiger partial charge in [-0.3, -0.25) is 9.59 Å². The van der Waals surface area contributed by atoms with Gasteiger partial charge in [0.25, 0.3) is 5.91 Å². The lowest BCUT2D eigenvalue weighted by Gasteiger charge is -2.19. The van der Waals surface area contributed by atoms with Crippen LogP contribution in [0.25, 0.3) is 0 Å². The van der Waals surface area contributed by atoms with Crippen molar-refractivity contribution in [2.24, 2.45) is 5.41 Å². The molecule has 0 saturated heterocycles. The summed E-state index contributed by atoms with van der Waals surface area (Å²) in [5.41, 5.74) is -0.618. The van der Waals surface area contributed by atoms with Crippen LogP contribution in [0.2, 0.25) is 0 Å². The highest BCUT2D eigenvalue weighted by molar-refractivity contribution is 5.95. The molecule has 0 aliphatic heterocycles. The van der Waals surface area contributed by atoms with Crippen molar-refractivity contribution in [1.29, 1.82) is 0 Å². The number of carbonyl (C=O) groups excluding carboxylic acids is 1. The smallest absolute Gasteiger partial charge is 0.310 e. The summed E-state index contributed by atoms with van der Waals surface area (Å²) < 4.78 is 11.3. The molecule has 134 valence electrons. The highest BCUT2D eigenvalue weighted by Crippen LogP contribution is 2.29. The minimum atomic E-state index is -1.03. The van der Waals surface area contributed by atoms with Crippen LogP contribution in [0.4, 0.5) is 0 Å². The van der Waals surface area contributed by atoms with Gasteiger partial charge in [-0.25, -0.2) is 0 Å². The largest absolute Gasteiger partial charge is 0.490 e. The summed E-state index contributed by atoms with van der Waals surface area (Å²) in [6.07, 6.45) is 1.72. The molecule has 0 atom stereocenters. The SMILES string of the molecule is CCCOc1ccc(C(=O)NCC(C)(C)C(=O)O)cc1OCCC. The molecule has 2 N–H and O–H groups in total. The van der Waals surface area contributed by atoms with Crippen molar-refractivity contribution in [2.45, 2.75) is 40.5 Å². The molecule has 0 aliphatic rings. The standard InChI is InChI=1S/C18H27NO5/c1-5-9-23-14-8-7-13(11-15(14)24-10-6-2)16(20)19-12-18(3,4)17(21)22/h7-8,11H,5-6,9-10,12H2,1-4H3,(H,19,20)(H,21,22). The molecule has 0 bridgehead atoms. The molecule has 0 radical (unpaired) electrons. The number of carbonyl (C=O) groups is 2. The van der Waals surface area contributed by atoms with E-state index in [-0.39, 0.29) is 12.5 Å². The van der Waals surface area contributed by atoms with E-state index in [0.717, 1.165) is 12.8 Å². The van der Waals surface area contributed by atoms with Crippen molar-refractivity contribution in [3.8, 4) is 11.5 Å². The molecule has 0 aliphatic carbocycles. The molecule has 0 aromatic heterocycles. The quantitative estimate of drug-likeness (QED) is 0.685. The van der Waals surface area contributed by atoms with Gasteiger partial charge in [0.2, 0.25) is 0 Å². The average Bonchev–Trinajstić information content (AvgIpc) is 2.56. The van der Waals surface area contributed by atoms with Crippen molar-refractivity contribution >= 4 is 11.9 Å². The van der Waals surface area contributed by atoms with Gasteiger partial charge in [-0.1, -0.05) is 13.8 Å². The van der Waals surface area contributed by atoms with Gasteiger partial charge in [-0.05, 0) is 44.9 Å². The predicted molar refractivity (Wildman–Crippen MR) is 91.8 cm³/mol. The van der Waals surface area contributed by atoms with E-state index >= 15 is 0 Å². The summed E-state index contributed by atoms with van der Waals surface area (Å²) in [5.74, 6) is -0.172. The number of nitrogens with one attached hydrogen (secondary N) is 1. The molecular weight excluding hydrogens is 310 g/mol. The summed E-state index contributed by atoms with van der Waals surface area (Å²) >= 11 is 0. The van der Waals surface area contributed by atoms with E-state index in [4.69, 9.17) is 14.6 Å². The second kappa shape index (κ2) is 9.15. The van der Waals surface area contributed by atoms with Gasteiger partial charge in [0.15, 0.2) is 11.5 Å². The Balaban J connectivity index is 2.86. The number of benzene rings is 1. The van der Waals surface area contributed by atoms with Gasteiger partial charge in [0.05, 0.1) is 18.6 Å². The maximum absolute atomic E-state index is 12.3. The second-order valence-corrected chi connectivity index (χ2v) is 6.23. The van der Waals surface area contributed by atoms with Crippen molar-refractivity contribution in [1.82, 2.24) is 5.32 Å². The highest BCUT2D eigenvalue weighted by atomic mass is 16.5. The summed E-state index contributed by atoms with van der Waals surface area (Å²) in [6.45, 7) is 8.27. The first kappa shape index (κ1) is 19.8. The number of rotatable bonds is 10. The number of amides is 1. The number of hydrogen-bond donors (Lipinski definition) is 2. The van der Waals surface area contributed by atoms with Crippen molar-refractivity contribution in [3.05, 3.63) is 23.8 Å². The fraction of sp³-hybridized carbons (Fsp3) is 0.556. The number of ether oxygens (including phenoxy) is 2. The first-order valence-corrected chi connectivity index (χ1v) is 8.23. The van der Waals surface area contributed by atoms with Crippen molar-refractivity contribution in [3.63, 3.8) is 0 Å². The second-order valence-electron chi connectivity index (χ2n) is 6.23. The molecular formula is C18H27NO5. The molecule has 1 aromatic carbocycles. The molecule has 1 amide bonds. The van der Waals surface area contributed by atoms with E-state index in [1.54, 1.807) is 32.0 Å². The van der Waals surface area contributed by atoms with Gasteiger partial charge in [-0.2, -0.15) is 0 Å². The van der Waals surface area contributed by atoms with Gasteiger partial charge in [0, 0.05) is 12.1 Å². The Bertz CT molecular complexity index is 569. The Morgan fingerprint density at radius 3 is 2.21 bits per heavy atom. The highest BCUT2D eigenvalue weighted by Gasteiger charge is 2.27. The van der Waals surface area contributed by atoms with E-state index in [1.165, 1.54) is 0 Å². The van der Waals surface area contributed by atoms with E-state index < -0.39 is 11.4 Å². The Kier molecular flexibility index (Phi) is 7.55. The van der Waals surface area contributed by atoms with E-state index in [0.29, 0.717) is 30.3 Å². The zero-order chi connectivity index (χ0) is 18.2. The Hall–Kier alpha value is -2.24. The first-order valence-electron chi connectivity index (χ1n) is 8.23. The Morgan fingerprint density at radius 2 is 1.67 bits per heavy atom. The third-order valence-electron chi connectivity index (χ3n) is 3.40. The molecule has 6 nitrogen and oxygen atoms in total. The normalized spacial score (nSPS) is 11.0. The van der Waals surface area contributed by atoms with Crippen LogP contribution in [-0.4, -0.2) is 36.7 Å². The fourth-order valence-corrected chi connectivity index (χ4v) is 1.78. The zero-order valence-corrected chi connectivity index (χ0v) is 14.8. The van der Waals surface area contributed by atoms with E-state index in [9.17, 15) is 9.59 Å². The van der Waals surface area contributed by atoms with Gasteiger partial charge >= 0.3 is 5.97 Å². The third-order valence-corrected chi connectivity index (χ3v) is 3.40. The van der Waals surface area contributed by atoms with Crippen LogP contribution in [0.15, 0.2) is 18.2 Å². The minimum absolute atomic E-state index is 0.0421. The molecule has 0 fully saturated rings.